The van der Waals surface area contributed by atoms with Gasteiger partial charge < -0.3 is 5.32 Å². The minimum absolute atomic E-state index is 0.461. The Hall–Kier alpha value is -1.41. The van der Waals surface area contributed by atoms with E-state index in [9.17, 15) is 0 Å². The Balaban J connectivity index is 2.42. The molecule has 0 spiro atoms. The molecule has 1 aromatic carbocycles. The molecule has 0 unspecified atom stereocenters. The number of fused-ring (bicyclic) bond motifs is 1. The van der Waals surface area contributed by atoms with Gasteiger partial charge in [-0.05, 0) is 42.5 Å². The lowest BCUT2D eigenvalue weighted by Gasteiger charge is -2.14. The van der Waals surface area contributed by atoms with E-state index in [0.717, 1.165) is 18.6 Å². The summed E-state index contributed by atoms with van der Waals surface area (Å²) in [6, 6.07) is 8.72. The Labute approximate surface area is 122 Å². The highest BCUT2D eigenvalue weighted by atomic mass is 14.9. The lowest BCUT2D eigenvalue weighted by atomic mass is 10.0. The first-order chi connectivity index (χ1) is 9.49. The van der Waals surface area contributed by atoms with Crippen LogP contribution in [0.25, 0.3) is 10.9 Å². The summed E-state index contributed by atoms with van der Waals surface area (Å²) in [5.41, 5.74) is 4.96. The normalized spacial score (nSPS) is 11.8. The Morgan fingerprint density at radius 1 is 1.15 bits per heavy atom. The number of hydrogen-bond donors (Lipinski definition) is 1. The summed E-state index contributed by atoms with van der Waals surface area (Å²) in [6.45, 7) is 13.0. The summed E-state index contributed by atoms with van der Waals surface area (Å²) in [4.78, 5) is 4.85. The quantitative estimate of drug-likeness (QED) is 0.870. The molecule has 0 saturated heterocycles. The average molecular weight is 270 g/mol. The van der Waals surface area contributed by atoms with Gasteiger partial charge in [0.2, 0.25) is 0 Å². The molecule has 1 aromatic heterocycles. The van der Waals surface area contributed by atoms with Crippen molar-refractivity contribution in [2.45, 2.75) is 47.1 Å². The van der Waals surface area contributed by atoms with E-state index in [1.54, 1.807) is 0 Å². The third-order valence-corrected chi connectivity index (χ3v) is 3.61. The van der Waals surface area contributed by atoms with Gasteiger partial charge in [-0.25, -0.2) is 0 Å². The van der Waals surface area contributed by atoms with Gasteiger partial charge in [0, 0.05) is 17.6 Å². The first-order valence-corrected chi connectivity index (χ1v) is 7.59. The molecule has 108 valence electrons. The van der Waals surface area contributed by atoms with E-state index >= 15 is 0 Å². The van der Waals surface area contributed by atoms with Gasteiger partial charge in [-0.1, -0.05) is 45.9 Å². The van der Waals surface area contributed by atoms with E-state index in [4.69, 9.17) is 4.98 Å². The van der Waals surface area contributed by atoms with Crippen molar-refractivity contribution in [1.29, 1.82) is 0 Å². The van der Waals surface area contributed by atoms with Crippen LogP contribution in [0, 0.1) is 12.8 Å². The van der Waals surface area contributed by atoms with Gasteiger partial charge in [-0.15, -0.1) is 0 Å². The number of nitrogens with one attached hydrogen (secondary N) is 1. The van der Waals surface area contributed by atoms with Gasteiger partial charge in [0.1, 0.15) is 0 Å². The molecule has 0 bridgehead atoms. The maximum atomic E-state index is 4.85. The van der Waals surface area contributed by atoms with Crippen LogP contribution in [0.1, 0.15) is 50.4 Å². The van der Waals surface area contributed by atoms with E-state index in [-0.39, 0.29) is 0 Å². The van der Waals surface area contributed by atoms with Gasteiger partial charge >= 0.3 is 0 Å². The molecule has 1 heterocycles. The lowest BCUT2D eigenvalue weighted by molar-refractivity contribution is 0.553. The van der Waals surface area contributed by atoms with Crippen molar-refractivity contribution >= 4 is 10.9 Å². The van der Waals surface area contributed by atoms with E-state index in [1.165, 1.54) is 22.2 Å². The van der Waals surface area contributed by atoms with Crippen molar-refractivity contribution in [2.24, 2.45) is 5.92 Å². The van der Waals surface area contributed by atoms with E-state index in [2.05, 4.69) is 64.2 Å². The molecule has 0 aliphatic heterocycles. The second kappa shape index (κ2) is 6.36. The lowest BCUT2D eigenvalue weighted by Crippen LogP contribution is -2.19. The van der Waals surface area contributed by atoms with Gasteiger partial charge in [0.25, 0.3) is 0 Å². The van der Waals surface area contributed by atoms with Gasteiger partial charge in [-0.2, -0.15) is 0 Å². The van der Waals surface area contributed by atoms with Crippen molar-refractivity contribution in [3.05, 3.63) is 41.1 Å². The highest BCUT2D eigenvalue weighted by molar-refractivity contribution is 5.85. The van der Waals surface area contributed by atoms with Crippen LogP contribution in [0.5, 0.6) is 0 Å². The largest absolute Gasteiger partial charge is 0.312 e. The molecule has 0 aliphatic rings. The molecule has 2 aromatic rings. The Morgan fingerprint density at radius 3 is 2.55 bits per heavy atom. The molecule has 0 aliphatic carbocycles. The molecule has 0 fully saturated rings. The van der Waals surface area contributed by atoms with Gasteiger partial charge in [0.15, 0.2) is 0 Å². The molecule has 2 rings (SSSR count). The van der Waals surface area contributed by atoms with Crippen LogP contribution >= 0.6 is 0 Å². The number of aryl methyl sites for hydroxylation is 1. The van der Waals surface area contributed by atoms with Crippen LogP contribution < -0.4 is 5.32 Å². The summed E-state index contributed by atoms with van der Waals surface area (Å²) in [5.74, 6) is 1.14. The SMILES string of the molecule is Cc1cccc2c(CNCC(C)C)cc(C(C)C)nc12. The van der Waals surface area contributed by atoms with Crippen molar-refractivity contribution in [2.75, 3.05) is 6.54 Å². The zero-order valence-electron chi connectivity index (χ0n) is 13.3. The fourth-order valence-electron chi connectivity index (χ4n) is 2.42. The summed E-state index contributed by atoms with van der Waals surface area (Å²) in [7, 11) is 0. The summed E-state index contributed by atoms with van der Waals surface area (Å²) in [5, 5.41) is 4.83. The molecule has 1 N–H and O–H groups in total. The monoisotopic (exact) mass is 270 g/mol. The highest BCUT2D eigenvalue weighted by Gasteiger charge is 2.10. The molecule has 2 nitrogen and oxygen atoms in total. The zero-order valence-corrected chi connectivity index (χ0v) is 13.3. The maximum absolute atomic E-state index is 4.85. The molecular weight excluding hydrogens is 244 g/mol. The molecular formula is C18H26N2. The van der Waals surface area contributed by atoms with Crippen LogP contribution in [-0.4, -0.2) is 11.5 Å². The second-order valence-electron chi connectivity index (χ2n) is 6.36. The highest BCUT2D eigenvalue weighted by Crippen LogP contribution is 2.24. The first-order valence-electron chi connectivity index (χ1n) is 7.59. The molecule has 2 heteroatoms. The molecule has 20 heavy (non-hydrogen) atoms. The average Bonchev–Trinajstić information content (AvgIpc) is 2.38. The summed E-state index contributed by atoms with van der Waals surface area (Å²) >= 11 is 0. The minimum Gasteiger partial charge on any atom is -0.312 e. The second-order valence-corrected chi connectivity index (χ2v) is 6.36. The topological polar surface area (TPSA) is 24.9 Å². The predicted octanol–water partition coefficient (Wildman–Crippen LogP) is 4.41. The third-order valence-electron chi connectivity index (χ3n) is 3.61. The zero-order chi connectivity index (χ0) is 14.7. The molecule has 0 saturated carbocycles. The minimum atomic E-state index is 0.461. The van der Waals surface area contributed by atoms with Gasteiger partial charge in [-0.3, -0.25) is 4.98 Å². The Bertz CT molecular complexity index is 585. The summed E-state index contributed by atoms with van der Waals surface area (Å²) < 4.78 is 0. The van der Waals surface area contributed by atoms with E-state index in [0.29, 0.717) is 11.8 Å². The van der Waals surface area contributed by atoms with Crippen molar-refractivity contribution < 1.29 is 0 Å². The smallest absolute Gasteiger partial charge is 0.0737 e. The van der Waals surface area contributed by atoms with Crippen LogP contribution in [0.4, 0.5) is 0 Å². The maximum Gasteiger partial charge on any atom is 0.0737 e. The number of aromatic nitrogens is 1. The molecule has 0 amide bonds. The van der Waals surface area contributed by atoms with Crippen LogP contribution in [0.2, 0.25) is 0 Å². The van der Waals surface area contributed by atoms with E-state index < -0.39 is 0 Å². The van der Waals surface area contributed by atoms with Crippen LogP contribution in [0.3, 0.4) is 0 Å². The van der Waals surface area contributed by atoms with Crippen LogP contribution in [-0.2, 0) is 6.54 Å². The number of nitrogens with zero attached hydrogens (tertiary/aromatic N) is 1. The molecule has 0 atom stereocenters. The number of rotatable bonds is 5. The van der Waals surface area contributed by atoms with Gasteiger partial charge in [0.05, 0.1) is 5.52 Å². The number of para-hydroxylation sites is 1. The number of hydrogen-bond acceptors (Lipinski definition) is 2. The Morgan fingerprint density at radius 2 is 1.90 bits per heavy atom. The Kier molecular flexibility index (Phi) is 4.77. The van der Waals surface area contributed by atoms with Crippen molar-refractivity contribution in [1.82, 2.24) is 10.3 Å². The standard InChI is InChI=1S/C18H26N2/c1-12(2)10-19-11-15-9-17(13(3)4)20-18-14(5)7-6-8-16(15)18/h6-9,12-13,19H,10-11H2,1-5H3. The van der Waals surface area contributed by atoms with Crippen LogP contribution in [0.15, 0.2) is 24.3 Å². The fourth-order valence-corrected chi connectivity index (χ4v) is 2.42. The predicted molar refractivity (Wildman–Crippen MR) is 87.1 cm³/mol. The molecule has 0 radical (unpaired) electrons. The first kappa shape index (κ1) is 15.0. The third kappa shape index (κ3) is 3.37. The number of pyridine rings is 1. The fraction of sp³-hybridized carbons (Fsp3) is 0.500. The summed E-state index contributed by atoms with van der Waals surface area (Å²) in [6.07, 6.45) is 0. The van der Waals surface area contributed by atoms with Crippen molar-refractivity contribution in [3.8, 4) is 0 Å². The van der Waals surface area contributed by atoms with Crippen molar-refractivity contribution in [3.63, 3.8) is 0 Å². The number of benzene rings is 1. The van der Waals surface area contributed by atoms with E-state index in [1.807, 2.05) is 0 Å².